The summed E-state index contributed by atoms with van der Waals surface area (Å²) in [6.45, 7) is -0.0344. The van der Waals surface area contributed by atoms with E-state index in [1.807, 2.05) is 0 Å². The number of hydrogen-bond acceptors (Lipinski definition) is 18. The van der Waals surface area contributed by atoms with Gasteiger partial charge in [0.1, 0.15) is 54.9 Å². The Hall–Kier alpha value is -1.01. The number of ether oxygens (including phenoxy) is 4. The van der Waals surface area contributed by atoms with Crippen molar-refractivity contribution < 1.29 is 59.5 Å². The molecule has 1 saturated carbocycles. The second-order valence-electron chi connectivity index (χ2n) is 11.8. The molecule has 0 spiro atoms. The summed E-state index contributed by atoms with van der Waals surface area (Å²) in [5.41, 5.74) is 29.2. The van der Waals surface area contributed by atoms with Crippen molar-refractivity contribution in [1.29, 1.82) is 0 Å². The van der Waals surface area contributed by atoms with Crippen molar-refractivity contribution in [1.82, 2.24) is 5.32 Å². The van der Waals surface area contributed by atoms with Gasteiger partial charge in [-0.2, -0.15) is 0 Å². The molecule has 3 rings (SSSR count). The Morgan fingerprint density at radius 1 is 0.864 bits per heavy atom. The molecule has 3 aliphatic rings. The SMILES string of the molecule is NCCCN[C@H]1[C@@H](OC2[C@@H](N)C[C@@H](CC(=O)[C@@H](O)CCN)[C@H](O[C@H]3O[C@H](CO)[C@@H](O)[C@H](N)[C@H]3O)[C@H]2O)O[C@H](CN)[C@@H](O)[C@@H]1O. The molecule has 0 aromatic heterocycles. The van der Waals surface area contributed by atoms with Gasteiger partial charge in [-0.15, -0.1) is 0 Å². The van der Waals surface area contributed by atoms with E-state index in [0.29, 0.717) is 19.5 Å². The first kappa shape index (κ1) is 37.4. The van der Waals surface area contributed by atoms with Crippen LogP contribution in [0.2, 0.25) is 0 Å². The summed E-state index contributed by atoms with van der Waals surface area (Å²) < 4.78 is 23.6. The van der Waals surface area contributed by atoms with Gasteiger partial charge in [0, 0.05) is 19.0 Å². The zero-order chi connectivity index (χ0) is 32.7. The average molecular weight is 641 g/mol. The van der Waals surface area contributed by atoms with Crippen molar-refractivity contribution in [2.45, 2.75) is 117 Å². The molecular weight excluding hydrogens is 588 g/mol. The fourth-order valence-corrected chi connectivity index (χ4v) is 5.99. The minimum atomic E-state index is -1.59. The standard InChI is InChI=1S/C26H52N6O12/c27-3-1-5-32-17-21(39)19(37)14(8-29)41-25(17)44-24-11(30)6-10(7-13(35)12(34)2-4-28)23(22(24)40)43-26-20(38)16(31)18(36)15(9-33)42-26/h10-12,14-26,32-34,36-40H,1-9,27-31H2/t10-,11-,12-,14+,15+,16-,17+,18+,19+,20+,21+,22+,23-,24?,25+,26+/m0/s1. The van der Waals surface area contributed by atoms with Crippen LogP contribution in [0.1, 0.15) is 25.7 Å². The fraction of sp³-hybridized carbons (Fsp3) is 0.962. The molecule has 1 aliphatic carbocycles. The molecule has 44 heavy (non-hydrogen) atoms. The van der Waals surface area contributed by atoms with Gasteiger partial charge in [0.15, 0.2) is 18.4 Å². The zero-order valence-corrected chi connectivity index (χ0v) is 24.7. The molecular formula is C26H52N6O12. The molecule has 2 aliphatic heterocycles. The van der Waals surface area contributed by atoms with Crippen LogP contribution in [0.15, 0.2) is 0 Å². The lowest BCUT2D eigenvalue weighted by atomic mass is 9.76. The highest BCUT2D eigenvalue weighted by Gasteiger charge is 2.52. The lowest BCUT2D eigenvalue weighted by molar-refractivity contribution is -0.324. The molecule has 258 valence electrons. The predicted octanol–water partition coefficient (Wildman–Crippen LogP) is -7.39. The zero-order valence-electron chi connectivity index (χ0n) is 24.7. The molecule has 18 nitrogen and oxygen atoms in total. The first-order valence-electron chi connectivity index (χ1n) is 15.1. The first-order valence-corrected chi connectivity index (χ1v) is 15.1. The number of aliphatic hydroxyl groups excluding tert-OH is 7. The average Bonchev–Trinajstić information content (AvgIpc) is 3.00. The van der Waals surface area contributed by atoms with Gasteiger partial charge in [-0.3, -0.25) is 4.79 Å². The third kappa shape index (κ3) is 8.66. The number of hydrogen-bond donors (Lipinski definition) is 13. The van der Waals surface area contributed by atoms with Crippen molar-refractivity contribution in [3.8, 4) is 0 Å². The van der Waals surface area contributed by atoms with Gasteiger partial charge in [-0.1, -0.05) is 0 Å². The number of aliphatic hydroxyl groups is 7. The van der Waals surface area contributed by atoms with Crippen LogP contribution in [0, 0.1) is 5.92 Å². The maximum absolute atomic E-state index is 12.8. The number of Topliss-reactive ketones (excluding diaryl/α,β-unsaturated/α-hetero) is 1. The van der Waals surface area contributed by atoms with Gasteiger partial charge in [0.25, 0.3) is 0 Å². The van der Waals surface area contributed by atoms with Crippen molar-refractivity contribution in [3.05, 3.63) is 0 Å². The summed E-state index contributed by atoms with van der Waals surface area (Å²) in [5, 5.41) is 76.9. The number of carbonyl (C=O) groups is 1. The van der Waals surface area contributed by atoms with E-state index in [9.17, 15) is 40.5 Å². The van der Waals surface area contributed by atoms with Crippen molar-refractivity contribution >= 4 is 5.78 Å². The topological polar surface area (TPSA) is 338 Å². The third-order valence-corrected chi connectivity index (χ3v) is 8.62. The van der Waals surface area contributed by atoms with E-state index in [2.05, 4.69) is 5.32 Å². The summed E-state index contributed by atoms with van der Waals surface area (Å²) in [6.07, 6.45) is -15.9. The number of nitrogens with one attached hydrogen (secondary N) is 1. The van der Waals surface area contributed by atoms with E-state index in [-0.39, 0.29) is 32.4 Å². The summed E-state index contributed by atoms with van der Waals surface area (Å²) >= 11 is 0. The maximum atomic E-state index is 12.8. The lowest BCUT2D eigenvalue weighted by Gasteiger charge is -2.49. The smallest absolute Gasteiger partial charge is 0.186 e. The molecule has 0 amide bonds. The molecule has 0 aromatic carbocycles. The third-order valence-electron chi connectivity index (χ3n) is 8.62. The molecule has 2 saturated heterocycles. The highest BCUT2D eigenvalue weighted by atomic mass is 16.7. The monoisotopic (exact) mass is 640 g/mol. The first-order chi connectivity index (χ1) is 20.9. The van der Waals surface area contributed by atoms with Crippen LogP contribution in [0.25, 0.3) is 0 Å². The Balaban J connectivity index is 1.88. The second kappa shape index (κ2) is 17.2. The van der Waals surface area contributed by atoms with Gasteiger partial charge < -0.3 is 88.7 Å². The van der Waals surface area contributed by atoms with Crippen molar-refractivity contribution in [3.63, 3.8) is 0 Å². The van der Waals surface area contributed by atoms with Crippen LogP contribution in [0.3, 0.4) is 0 Å². The van der Waals surface area contributed by atoms with E-state index in [1.54, 1.807) is 0 Å². The Labute approximate surface area is 255 Å². The van der Waals surface area contributed by atoms with Crippen LogP contribution < -0.4 is 34.0 Å². The van der Waals surface area contributed by atoms with E-state index < -0.39 is 110 Å². The van der Waals surface area contributed by atoms with Gasteiger partial charge in [0.05, 0.1) is 24.8 Å². The van der Waals surface area contributed by atoms with Crippen LogP contribution in [0.4, 0.5) is 0 Å². The van der Waals surface area contributed by atoms with Crippen LogP contribution >= 0.6 is 0 Å². The largest absolute Gasteiger partial charge is 0.394 e. The van der Waals surface area contributed by atoms with Gasteiger partial charge in [-0.25, -0.2) is 0 Å². The van der Waals surface area contributed by atoms with Crippen molar-refractivity contribution in [2.24, 2.45) is 34.6 Å². The summed E-state index contributed by atoms with van der Waals surface area (Å²) in [4.78, 5) is 12.8. The van der Waals surface area contributed by atoms with Crippen LogP contribution in [0.5, 0.6) is 0 Å². The maximum Gasteiger partial charge on any atom is 0.186 e. The van der Waals surface area contributed by atoms with Gasteiger partial charge >= 0.3 is 0 Å². The predicted molar refractivity (Wildman–Crippen MR) is 152 cm³/mol. The molecule has 18 N–H and O–H groups in total. The van der Waals surface area contributed by atoms with Crippen LogP contribution in [-0.4, -0.2) is 166 Å². The Bertz CT molecular complexity index is 881. The lowest BCUT2D eigenvalue weighted by Crippen LogP contribution is -2.68. The highest BCUT2D eigenvalue weighted by Crippen LogP contribution is 2.36. The number of carbonyl (C=O) groups excluding carboxylic acids is 1. The summed E-state index contributed by atoms with van der Waals surface area (Å²) in [6, 6.07) is -3.17. The molecule has 0 bridgehead atoms. The van der Waals surface area contributed by atoms with E-state index in [4.69, 9.17) is 47.6 Å². The van der Waals surface area contributed by atoms with E-state index in [1.165, 1.54) is 0 Å². The molecule has 3 fully saturated rings. The van der Waals surface area contributed by atoms with Crippen molar-refractivity contribution in [2.75, 3.05) is 32.8 Å². The summed E-state index contributed by atoms with van der Waals surface area (Å²) in [5.74, 6) is -1.39. The second-order valence-corrected chi connectivity index (χ2v) is 11.8. The number of nitrogens with two attached hydrogens (primary N) is 5. The molecule has 0 radical (unpaired) electrons. The Morgan fingerprint density at radius 2 is 1.52 bits per heavy atom. The minimum absolute atomic E-state index is 0.0147. The molecule has 1 unspecified atom stereocenters. The highest BCUT2D eigenvalue weighted by molar-refractivity contribution is 5.83. The molecule has 0 aromatic rings. The quantitative estimate of drug-likeness (QED) is 0.0739. The van der Waals surface area contributed by atoms with E-state index >= 15 is 0 Å². The Morgan fingerprint density at radius 3 is 2.14 bits per heavy atom. The van der Waals surface area contributed by atoms with Gasteiger partial charge in [-0.05, 0) is 44.8 Å². The number of rotatable bonds is 15. The molecule has 18 heteroatoms. The summed E-state index contributed by atoms with van der Waals surface area (Å²) in [7, 11) is 0. The number of ketones is 1. The van der Waals surface area contributed by atoms with Gasteiger partial charge in [0.2, 0.25) is 0 Å². The normalized spacial score (nSPS) is 44.0. The van der Waals surface area contributed by atoms with Crippen LogP contribution in [-0.2, 0) is 23.7 Å². The minimum Gasteiger partial charge on any atom is -0.394 e. The Kier molecular flexibility index (Phi) is 14.7. The fourth-order valence-electron chi connectivity index (χ4n) is 5.99. The molecule has 16 atom stereocenters. The molecule has 2 heterocycles. The van der Waals surface area contributed by atoms with E-state index in [0.717, 1.165) is 0 Å².